The minimum Gasteiger partial charge on any atom is -0.387 e. The van der Waals surface area contributed by atoms with Gasteiger partial charge in [0.05, 0.1) is 6.10 Å². The van der Waals surface area contributed by atoms with Crippen LogP contribution in [0.5, 0.6) is 0 Å². The molecule has 0 saturated heterocycles. The van der Waals surface area contributed by atoms with Gasteiger partial charge in [-0.25, -0.2) is 0 Å². The van der Waals surface area contributed by atoms with E-state index in [0.717, 1.165) is 24.2 Å². The summed E-state index contributed by atoms with van der Waals surface area (Å²) >= 11 is 0. The Morgan fingerprint density at radius 3 is 2.56 bits per heavy atom. The Balaban J connectivity index is 1.38. The van der Waals surface area contributed by atoms with Crippen molar-refractivity contribution in [2.75, 3.05) is 18.4 Å². The molecule has 3 aromatic rings. The largest absolute Gasteiger partial charge is 0.387 e. The van der Waals surface area contributed by atoms with E-state index >= 15 is 0 Å². The first-order valence-corrected chi connectivity index (χ1v) is 9.00. The van der Waals surface area contributed by atoms with E-state index in [1.165, 1.54) is 5.56 Å². The first-order chi connectivity index (χ1) is 13.2. The quantitative estimate of drug-likeness (QED) is 0.510. The van der Waals surface area contributed by atoms with Crippen LogP contribution in [0.15, 0.2) is 73.1 Å². The molecule has 1 unspecified atom stereocenters. The van der Waals surface area contributed by atoms with Crippen LogP contribution in [0.1, 0.15) is 17.2 Å². The van der Waals surface area contributed by atoms with Gasteiger partial charge in [-0.15, -0.1) is 0 Å². The van der Waals surface area contributed by atoms with Gasteiger partial charge in [0.1, 0.15) is 6.54 Å². The molecule has 6 heteroatoms. The zero-order valence-electron chi connectivity index (χ0n) is 15.1. The van der Waals surface area contributed by atoms with Gasteiger partial charge in [0.25, 0.3) is 0 Å². The molecule has 140 valence electrons. The van der Waals surface area contributed by atoms with Crippen molar-refractivity contribution in [3.05, 3.63) is 84.2 Å². The van der Waals surface area contributed by atoms with Crippen molar-refractivity contribution >= 4 is 11.6 Å². The third-order valence-corrected chi connectivity index (χ3v) is 4.21. The van der Waals surface area contributed by atoms with E-state index in [9.17, 15) is 9.90 Å². The van der Waals surface area contributed by atoms with Crippen molar-refractivity contribution in [1.82, 2.24) is 15.1 Å². The van der Waals surface area contributed by atoms with Gasteiger partial charge < -0.3 is 15.7 Å². The molecule has 0 aliphatic rings. The molecule has 0 saturated carbocycles. The van der Waals surface area contributed by atoms with Crippen LogP contribution in [-0.4, -0.2) is 33.9 Å². The van der Waals surface area contributed by atoms with Crippen LogP contribution < -0.4 is 10.6 Å². The highest BCUT2D eigenvalue weighted by Crippen LogP contribution is 2.12. The Labute approximate surface area is 158 Å². The van der Waals surface area contributed by atoms with Crippen molar-refractivity contribution in [3.8, 4) is 0 Å². The van der Waals surface area contributed by atoms with Gasteiger partial charge in [-0.3, -0.25) is 9.48 Å². The van der Waals surface area contributed by atoms with Gasteiger partial charge in [0, 0.05) is 24.6 Å². The summed E-state index contributed by atoms with van der Waals surface area (Å²) in [6.07, 6.45) is 3.75. The fraction of sp³-hybridized carbons (Fsp3) is 0.238. The molecule has 0 spiro atoms. The molecule has 0 fully saturated rings. The molecular weight excluding hydrogens is 340 g/mol. The van der Waals surface area contributed by atoms with Crippen LogP contribution in [0.25, 0.3) is 0 Å². The maximum absolute atomic E-state index is 12.0. The highest BCUT2D eigenvalue weighted by Gasteiger charge is 2.06. The molecular formula is C21H24N4O2. The highest BCUT2D eigenvalue weighted by molar-refractivity contribution is 5.90. The standard InChI is InChI=1S/C21H24N4O2/c26-20(18-5-2-1-3-6-18)15-22-13-11-17-7-9-19(10-8-17)24-21(27)16-25-14-4-12-23-25/h1-10,12,14,20,22,26H,11,13,15-16H2,(H,24,27). The molecule has 2 aromatic carbocycles. The van der Waals surface area contributed by atoms with Gasteiger partial charge in [-0.2, -0.15) is 5.10 Å². The van der Waals surface area contributed by atoms with Gasteiger partial charge in [0.2, 0.25) is 5.91 Å². The van der Waals surface area contributed by atoms with Crippen molar-refractivity contribution in [1.29, 1.82) is 0 Å². The summed E-state index contributed by atoms with van der Waals surface area (Å²) < 4.78 is 1.58. The van der Waals surface area contributed by atoms with E-state index in [4.69, 9.17) is 0 Å². The lowest BCUT2D eigenvalue weighted by Gasteiger charge is -2.12. The number of aliphatic hydroxyl groups excluding tert-OH is 1. The Bertz CT molecular complexity index is 817. The Morgan fingerprint density at radius 2 is 1.85 bits per heavy atom. The smallest absolute Gasteiger partial charge is 0.246 e. The van der Waals surface area contributed by atoms with Crippen molar-refractivity contribution in [3.63, 3.8) is 0 Å². The zero-order chi connectivity index (χ0) is 18.9. The Kier molecular flexibility index (Phi) is 6.73. The molecule has 1 heterocycles. The first kappa shape index (κ1) is 18.8. The van der Waals surface area contributed by atoms with Crippen LogP contribution >= 0.6 is 0 Å². The molecule has 6 nitrogen and oxygen atoms in total. The number of amides is 1. The predicted octanol–water partition coefficient (Wildman–Crippen LogP) is 2.39. The fourth-order valence-corrected chi connectivity index (χ4v) is 2.76. The van der Waals surface area contributed by atoms with E-state index < -0.39 is 6.10 Å². The number of anilines is 1. The molecule has 0 radical (unpaired) electrons. The topological polar surface area (TPSA) is 79.2 Å². The molecule has 27 heavy (non-hydrogen) atoms. The lowest BCUT2D eigenvalue weighted by Crippen LogP contribution is -2.23. The molecule has 1 atom stereocenters. The SMILES string of the molecule is O=C(Cn1cccn1)Nc1ccc(CCNCC(O)c2ccccc2)cc1. The van der Waals surface area contributed by atoms with Crippen LogP contribution in [0, 0.1) is 0 Å². The Hall–Kier alpha value is -2.96. The number of aromatic nitrogens is 2. The summed E-state index contributed by atoms with van der Waals surface area (Å²) in [7, 11) is 0. The number of aliphatic hydroxyl groups is 1. The summed E-state index contributed by atoms with van der Waals surface area (Å²) in [5, 5.41) is 20.3. The number of benzene rings is 2. The normalized spacial score (nSPS) is 11.9. The lowest BCUT2D eigenvalue weighted by atomic mass is 10.1. The van der Waals surface area contributed by atoms with Gasteiger partial charge in [-0.1, -0.05) is 42.5 Å². The van der Waals surface area contributed by atoms with Crippen LogP contribution in [0.3, 0.4) is 0 Å². The molecule has 0 aliphatic heterocycles. The number of carbonyl (C=O) groups is 1. The average molecular weight is 364 g/mol. The second-order valence-corrected chi connectivity index (χ2v) is 6.33. The molecule has 1 aromatic heterocycles. The number of nitrogens with zero attached hydrogens (tertiary/aromatic N) is 2. The zero-order valence-corrected chi connectivity index (χ0v) is 15.1. The maximum Gasteiger partial charge on any atom is 0.246 e. The molecule has 3 rings (SSSR count). The minimum atomic E-state index is -0.501. The third-order valence-electron chi connectivity index (χ3n) is 4.21. The highest BCUT2D eigenvalue weighted by atomic mass is 16.3. The van der Waals surface area contributed by atoms with Crippen molar-refractivity contribution in [2.45, 2.75) is 19.1 Å². The number of carbonyl (C=O) groups excluding carboxylic acids is 1. The second-order valence-electron chi connectivity index (χ2n) is 6.33. The molecule has 0 aliphatic carbocycles. The summed E-state index contributed by atoms with van der Waals surface area (Å²) in [6, 6.07) is 19.2. The average Bonchev–Trinajstić information content (AvgIpc) is 3.20. The molecule has 3 N–H and O–H groups in total. The third kappa shape index (κ3) is 6.06. The number of hydrogen-bond donors (Lipinski definition) is 3. The fourth-order valence-electron chi connectivity index (χ4n) is 2.76. The van der Waals surface area contributed by atoms with Gasteiger partial charge in [-0.05, 0) is 42.3 Å². The lowest BCUT2D eigenvalue weighted by molar-refractivity contribution is -0.116. The minimum absolute atomic E-state index is 0.108. The van der Waals surface area contributed by atoms with Gasteiger partial charge >= 0.3 is 0 Å². The van der Waals surface area contributed by atoms with Crippen LogP contribution in [-0.2, 0) is 17.8 Å². The monoisotopic (exact) mass is 364 g/mol. The number of hydrogen-bond acceptors (Lipinski definition) is 4. The summed E-state index contributed by atoms with van der Waals surface area (Å²) in [4.78, 5) is 12.0. The summed E-state index contributed by atoms with van der Waals surface area (Å²) in [5.74, 6) is -0.108. The van der Waals surface area contributed by atoms with Crippen LogP contribution in [0.4, 0.5) is 5.69 Å². The maximum atomic E-state index is 12.0. The number of nitrogens with one attached hydrogen (secondary N) is 2. The van der Waals surface area contributed by atoms with E-state index in [1.54, 1.807) is 23.1 Å². The van der Waals surface area contributed by atoms with Gasteiger partial charge in [0.15, 0.2) is 0 Å². The van der Waals surface area contributed by atoms with Crippen LogP contribution in [0.2, 0.25) is 0 Å². The molecule has 0 bridgehead atoms. The van der Waals surface area contributed by atoms with E-state index in [0.29, 0.717) is 6.54 Å². The number of rotatable bonds is 9. The summed E-state index contributed by atoms with van der Waals surface area (Å²) in [5.41, 5.74) is 2.85. The van der Waals surface area contributed by atoms with E-state index in [-0.39, 0.29) is 12.5 Å². The van der Waals surface area contributed by atoms with Crippen molar-refractivity contribution < 1.29 is 9.90 Å². The van der Waals surface area contributed by atoms with E-state index in [2.05, 4.69) is 15.7 Å². The summed E-state index contributed by atoms with van der Waals surface area (Å²) in [6.45, 7) is 1.49. The molecule has 1 amide bonds. The van der Waals surface area contributed by atoms with E-state index in [1.807, 2.05) is 54.6 Å². The van der Waals surface area contributed by atoms with Crippen molar-refractivity contribution in [2.24, 2.45) is 0 Å². The predicted molar refractivity (Wildman–Crippen MR) is 105 cm³/mol. The second kappa shape index (κ2) is 9.66. The Morgan fingerprint density at radius 1 is 1.07 bits per heavy atom. The first-order valence-electron chi connectivity index (χ1n) is 9.00.